The Morgan fingerprint density at radius 1 is 1.26 bits per heavy atom. The molecular weight excluding hydrogens is 341 g/mol. The zero-order valence-electron chi connectivity index (χ0n) is 16.4. The van der Waals surface area contributed by atoms with Crippen molar-refractivity contribution in [3.05, 3.63) is 40.8 Å². The lowest BCUT2D eigenvalue weighted by Gasteiger charge is -2.33. The first-order chi connectivity index (χ1) is 12.6. The molecule has 2 aromatic rings. The molecule has 3 heterocycles. The van der Waals surface area contributed by atoms with Crippen LogP contribution in [0.5, 0.6) is 0 Å². The molecule has 2 aliphatic rings. The van der Waals surface area contributed by atoms with Crippen LogP contribution in [0, 0.1) is 5.41 Å². The topological polar surface area (TPSA) is 78.6 Å². The van der Waals surface area contributed by atoms with Gasteiger partial charge in [-0.2, -0.15) is 0 Å². The molecule has 2 aromatic heterocycles. The van der Waals surface area contributed by atoms with Gasteiger partial charge < -0.3 is 14.7 Å². The van der Waals surface area contributed by atoms with Gasteiger partial charge in [0.25, 0.3) is 5.91 Å². The average Bonchev–Trinajstić information content (AvgIpc) is 3.06. The summed E-state index contributed by atoms with van der Waals surface area (Å²) in [6.07, 6.45) is 3.56. The summed E-state index contributed by atoms with van der Waals surface area (Å²) >= 11 is 0. The second kappa shape index (κ2) is 5.94. The van der Waals surface area contributed by atoms with Crippen molar-refractivity contribution in [2.75, 3.05) is 11.4 Å². The maximum Gasteiger partial charge on any atom is 0.305 e. The zero-order valence-corrected chi connectivity index (χ0v) is 16.4. The molecule has 7 heteroatoms. The van der Waals surface area contributed by atoms with Crippen molar-refractivity contribution < 1.29 is 14.9 Å². The third kappa shape index (κ3) is 2.89. The highest BCUT2D eigenvalue weighted by Gasteiger charge is 2.38. The number of aromatic nitrogens is 2. The van der Waals surface area contributed by atoms with Crippen LogP contribution in [-0.4, -0.2) is 39.6 Å². The SMILES string of the molecule is CC1(C)Cc2cc3n(c2C1)CCN(c1nccc(BO)c1C(C)(C)O)C3=O. The summed E-state index contributed by atoms with van der Waals surface area (Å²) in [6, 6.07) is 3.71. The largest absolute Gasteiger partial charge is 0.449 e. The number of amides is 1. The second-order valence-electron chi connectivity index (χ2n) is 9.01. The number of rotatable bonds is 3. The number of fused-ring (bicyclic) bond motifs is 3. The number of pyridine rings is 1. The number of carbonyl (C=O) groups is 1. The first kappa shape index (κ1) is 18.3. The molecule has 0 unspecified atom stereocenters. The van der Waals surface area contributed by atoms with Crippen LogP contribution in [0.4, 0.5) is 5.82 Å². The number of carbonyl (C=O) groups excluding carboxylic acids is 1. The first-order valence-corrected chi connectivity index (χ1v) is 9.47. The summed E-state index contributed by atoms with van der Waals surface area (Å²) < 4.78 is 2.16. The molecular formula is C20H26BN3O3. The summed E-state index contributed by atoms with van der Waals surface area (Å²) in [4.78, 5) is 19.3. The van der Waals surface area contributed by atoms with Crippen molar-refractivity contribution in [2.24, 2.45) is 5.41 Å². The van der Waals surface area contributed by atoms with Crippen molar-refractivity contribution >= 4 is 24.7 Å². The molecule has 2 N–H and O–H groups in total. The third-order valence-corrected chi connectivity index (χ3v) is 5.68. The van der Waals surface area contributed by atoms with Crippen molar-refractivity contribution in [1.82, 2.24) is 9.55 Å². The van der Waals surface area contributed by atoms with Gasteiger partial charge in [-0.3, -0.25) is 9.69 Å². The maximum atomic E-state index is 13.3. The van der Waals surface area contributed by atoms with E-state index in [1.165, 1.54) is 11.3 Å². The molecule has 0 fully saturated rings. The number of anilines is 1. The zero-order chi connectivity index (χ0) is 19.6. The highest BCUT2D eigenvalue weighted by molar-refractivity contribution is 6.46. The minimum Gasteiger partial charge on any atom is -0.449 e. The van der Waals surface area contributed by atoms with E-state index in [-0.39, 0.29) is 18.8 Å². The van der Waals surface area contributed by atoms with Crippen LogP contribution in [0.3, 0.4) is 0 Å². The molecule has 0 atom stereocenters. The Morgan fingerprint density at radius 2 is 2.00 bits per heavy atom. The van der Waals surface area contributed by atoms with Gasteiger partial charge in [0.1, 0.15) is 11.5 Å². The molecule has 0 saturated carbocycles. The fourth-order valence-electron chi connectivity index (χ4n) is 4.61. The molecule has 0 aromatic carbocycles. The molecule has 0 saturated heterocycles. The van der Waals surface area contributed by atoms with Gasteiger partial charge in [-0.25, -0.2) is 4.98 Å². The van der Waals surface area contributed by atoms with E-state index in [1.807, 2.05) is 6.07 Å². The average molecular weight is 367 g/mol. The van der Waals surface area contributed by atoms with Crippen LogP contribution in [0.1, 0.15) is 55.0 Å². The van der Waals surface area contributed by atoms with Crippen molar-refractivity contribution in [1.29, 1.82) is 0 Å². The van der Waals surface area contributed by atoms with Crippen LogP contribution in [0.25, 0.3) is 0 Å². The minimum absolute atomic E-state index is 0.0958. The number of nitrogens with zero attached hydrogens (tertiary/aromatic N) is 3. The summed E-state index contributed by atoms with van der Waals surface area (Å²) in [7, 11) is -0.212. The Hall–Kier alpha value is -2.12. The quantitative estimate of drug-likeness (QED) is 0.789. The van der Waals surface area contributed by atoms with E-state index in [2.05, 4.69) is 23.4 Å². The summed E-state index contributed by atoms with van der Waals surface area (Å²) in [5.41, 5.74) is 3.37. The monoisotopic (exact) mass is 367 g/mol. The van der Waals surface area contributed by atoms with Gasteiger partial charge in [0.15, 0.2) is 0 Å². The number of hydrogen-bond donors (Lipinski definition) is 2. The third-order valence-electron chi connectivity index (χ3n) is 5.68. The van der Waals surface area contributed by atoms with Gasteiger partial charge in [-0.1, -0.05) is 13.8 Å². The van der Waals surface area contributed by atoms with E-state index in [0.29, 0.717) is 35.6 Å². The van der Waals surface area contributed by atoms with E-state index in [9.17, 15) is 14.9 Å². The van der Waals surface area contributed by atoms with Crippen molar-refractivity contribution in [3.63, 3.8) is 0 Å². The standard InChI is InChI=1S/C20H26BN3O3/c1-19(2)10-12-9-14-18(25)24(8-7-23(14)15(12)11-19)17-16(20(3,4)26)13(21-27)5-6-22-17/h5-6,9,21,26-27H,7-8,10-11H2,1-4H3. The van der Waals surface area contributed by atoms with Gasteiger partial charge in [-0.05, 0) is 55.3 Å². The molecule has 1 aliphatic carbocycles. The van der Waals surface area contributed by atoms with Crippen LogP contribution in [0.2, 0.25) is 0 Å². The lowest BCUT2D eigenvalue weighted by atomic mass is 9.79. The lowest BCUT2D eigenvalue weighted by molar-refractivity contribution is 0.0792. The van der Waals surface area contributed by atoms with Gasteiger partial charge in [0.2, 0.25) is 0 Å². The van der Waals surface area contributed by atoms with Crippen LogP contribution in [-0.2, 0) is 25.0 Å². The first-order valence-electron chi connectivity index (χ1n) is 9.47. The Kier molecular flexibility index (Phi) is 4.02. The molecule has 4 rings (SSSR count). The molecule has 6 nitrogen and oxygen atoms in total. The van der Waals surface area contributed by atoms with E-state index in [1.54, 1.807) is 31.0 Å². The van der Waals surface area contributed by atoms with E-state index in [4.69, 9.17) is 0 Å². The minimum atomic E-state index is -1.22. The van der Waals surface area contributed by atoms with Gasteiger partial charge in [-0.15, -0.1) is 0 Å². The van der Waals surface area contributed by atoms with E-state index in [0.717, 1.165) is 12.8 Å². The summed E-state index contributed by atoms with van der Waals surface area (Å²) in [6.45, 7) is 9.04. The molecule has 0 bridgehead atoms. The molecule has 142 valence electrons. The fourth-order valence-corrected chi connectivity index (χ4v) is 4.61. The summed E-state index contributed by atoms with van der Waals surface area (Å²) in [5, 5.41) is 20.4. The lowest BCUT2D eigenvalue weighted by Crippen LogP contribution is -2.44. The second-order valence-corrected chi connectivity index (χ2v) is 9.01. The van der Waals surface area contributed by atoms with Crippen LogP contribution in [0.15, 0.2) is 18.3 Å². The van der Waals surface area contributed by atoms with Gasteiger partial charge in [0, 0.05) is 30.5 Å². The number of aliphatic hydroxyl groups is 1. The fraction of sp³-hybridized carbons (Fsp3) is 0.500. The summed E-state index contributed by atoms with van der Waals surface area (Å²) in [5.74, 6) is 0.341. The Balaban J connectivity index is 1.77. The Bertz CT molecular complexity index is 927. The predicted molar refractivity (Wildman–Crippen MR) is 106 cm³/mol. The molecule has 1 amide bonds. The molecule has 1 aliphatic heterocycles. The number of hydrogen-bond acceptors (Lipinski definition) is 4. The van der Waals surface area contributed by atoms with Crippen molar-refractivity contribution in [3.8, 4) is 0 Å². The highest BCUT2D eigenvalue weighted by atomic mass is 16.3. The van der Waals surface area contributed by atoms with Crippen LogP contribution < -0.4 is 10.4 Å². The molecule has 0 radical (unpaired) electrons. The molecule has 27 heavy (non-hydrogen) atoms. The maximum absolute atomic E-state index is 13.3. The van der Waals surface area contributed by atoms with E-state index < -0.39 is 5.60 Å². The predicted octanol–water partition coefficient (Wildman–Crippen LogP) is 0.865. The van der Waals surface area contributed by atoms with Gasteiger partial charge in [0.05, 0.1) is 5.60 Å². The van der Waals surface area contributed by atoms with Crippen LogP contribution >= 0.6 is 0 Å². The Morgan fingerprint density at radius 3 is 2.67 bits per heavy atom. The normalized spacial score (nSPS) is 18.4. The Labute approximate surface area is 160 Å². The van der Waals surface area contributed by atoms with Crippen molar-refractivity contribution in [2.45, 2.75) is 52.7 Å². The molecule has 0 spiro atoms. The highest BCUT2D eigenvalue weighted by Crippen LogP contribution is 2.39. The smallest absolute Gasteiger partial charge is 0.305 e. The van der Waals surface area contributed by atoms with Gasteiger partial charge >= 0.3 is 7.48 Å². The van der Waals surface area contributed by atoms with E-state index >= 15 is 0 Å².